The van der Waals surface area contributed by atoms with Gasteiger partial charge in [-0.05, 0) is 59.4 Å². The zero-order valence-electron chi connectivity index (χ0n) is 16.5. The molecule has 1 nitrogen and oxygen atoms in total. The van der Waals surface area contributed by atoms with Gasteiger partial charge in [-0.15, -0.1) is 0 Å². The third kappa shape index (κ3) is 5.17. The first-order valence-corrected chi connectivity index (χ1v) is 9.73. The van der Waals surface area contributed by atoms with Gasteiger partial charge in [0.1, 0.15) is 6.61 Å². The van der Waals surface area contributed by atoms with Crippen molar-refractivity contribution in [2.24, 2.45) is 0 Å². The molecule has 30 heavy (non-hydrogen) atoms. The Morgan fingerprint density at radius 3 is 1.83 bits per heavy atom. The van der Waals surface area contributed by atoms with Gasteiger partial charge < -0.3 is 4.74 Å². The van der Waals surface area contributed by atoms with E-state index in [4.69, 9.17) is 4.74 Å². The lowest BCUT2D eigenvalue weighted by molar-refractivity contribution is 0.272. The van der Waals surface area contributed by atoms with E-state index >= 15 is 0 Å². The fraction of sp³-hybridized carbons (Fsp3) is 0.250. The van der Waals surface area contributed by atoms with Crippen LogP contribution in [0.25, 0.3) is 11.1 Å². The summed E-state index contributed by atoms with van der Waals surface area (Å²) in [6.07, 6.45) is 4.33. The molecular weight excluding hydrogens is 399 g/mol. The van der Waals surface area contributed by atoms with Crippen molar-refractivity contribution < 1.29 is 26.7 Å². The fourth-order valence-electron chi connectivity index (χ4n) is 3.15. The maximum atomic E-state index is 14.4. The standard InChI is InChI=1S/C24H21F5O/c1-2-3-4-5-15-6-8-17(9-7-15)18-12-21(27)24(22(28)13-18)30-14-16-10-19(25)23(29)20(26)11-16/h6-13H,2-5,14H2,1H3. The normalized spacial score (nSPS) is 11.0. The highest BCUT2D eigenvalue weighted by atomic mass is 19.2. The molecule has 0 unspecified atom stereocenters. The quantitative estimate of drug-likeness (QED) is 0.210. The average molecular weight is 420 g/mol. The van der Waals surface area contributed by atoms with Crippen molar-refractivity contribution in [3.8, 4) is 16.9 Å². The highest BCUT2D eigenvalue weighted by Crippen LogP contribution is 2.30. The summed E-state index contributed by atoms with van der Waals surface area (Å²) in [6, 6.07) is 11.2. The van der Waals surface area contributed by atoms with Gasteiger partial charge in [-0.1, -0.05) is 44.0 Å². The summed E-state index contributed by atoms with van der Waals surface area (Å²) in [5, 5.41) is 0. The van der Waals surface area contributed by atoms with Crippen LogP contribution >= 0.6 is 0 Å². The second kappa shape index (κ2) is 9.74. The Morgan fingerprint density at radius 1 is 0.667 bits per heavy atom. The Kier molecular flexibility index (Phi) is 7.08. The van der Waals surface area contributed by atoms with Crippen LogP contribution in [0.2, 0.25) is 0 Å². The second-order valence-corrected chi connectivity index (χ2v) is 7.09. The maximum absolute atomic E-state index is 14.4. The molecule has 0 saturated carbocycles. The van der Waals surface area contributed by atoms with Crippen LogP contribution in [0.3, 0.4) is 0 Å². The molecule has 0 N–H and O–H groups in total. The van der Waals surface area contributed by atoms with E-state index in [1.165, 1.54) is 0 Å². The van der Waals surface area contributed by atoms with Crippen molar-refractivity contribution in [1.29, 1.82) is 0 Å². The molecule has 0 saturated heterocycles. The SMILES string of the molecule is CCCCCc1ccc(-c2cc(F)c(OCc3cc(F)c(F)c(F)c3)c(F)c2)cc1. The smallest absolute Gasteiger partial charge is 0.194 e. The van der Waals surface area contributed by atoms with Gasteiger partial charge in [0.15, 0.2) is 34.8 Å². The van der Waals surface area contributed by atoms with Crippen molar-refractivity contribution in [3.05, 3.63) is 88.7 Å². The van der Waals surface area contributed by atoms with Gasteiger partial charge >= 0.3 is 0 Å². The predicted molar refractivity (Wildman–Crippen MR) is 106 cm³/mol. The van der Waals surface area contributed by atoms with Crippen LogP contribution in [-0.4, -0.2) is 0 Å². The number of rotatable bonds is 8. The van der Waals surface area contributed by atoms with Crippen LogP contribution in [0, 0.1) is 29.1 Å². The zero-order valence-corrected chi connectivity index (χ0v) is 16.5. The number of aryl methyl sites for hydroxylation is 1. The molecule has 0 fully saturated rings. The molecule has 0 amide bonds. The van der Waals surface area contributed by atoms with E-state index in [0.717, 1.165) is 43.4 Å². The number of benzene rings is 3. The zero-order chi connectivity index (χ0) is 21.7. The third-order valence-corrected chi connectivity index (χ3v) is 4.78. The van der Waals surface area contributed by atoms with Crippen molar-refractivity contribution >= 4 is 0 Å². The lowest BCUT2D eigenvalue weighted by atomic mass is 10.0. The Balaban J connectivity index is 1.74. The molecule has 0 heterocycles. The molecule has 0 spiro atoms. The van der Waals surface area contributed by atoms with E-state index in [-0.39, 0.29) is 5.56 Å². The van der Waals surface area contributed by atoms with E-state index in [1.54, 1.807) is 12.1 Å². The van der Waals surface area contributed by atoms with E-state index in [1.807, 2.05) is 12.1 Å². The fourth-order valence-corrected chi connectivity index (χ4v) is 3.15. The second-order valence-electron chi connectivity index (χ2n) is 7.09. The number of halogens is 5. The van der Waals surface area contributed by atoms with Gasteiger partial charge in [-0.25, -0.2) is 22.0 Å². The molecule has 6 heteroatoms. The van der Waals surface area contributed by atoms with Crippen LogP contribution in [0.1, 0.15) is 37.3 Å². The van der Waals surface area contributed by atoms with Gasteiger partial charge in [0.25, 0.3) is 0 Å². The van der Waals surface area contributed by atoms with Gasteiger partial charge in [-0.2, -0.15) is 0 Å². The number of hydrogen-bond acceptors (Lipinski definition) is 1. The molecule has 158 valence electrons. The third-order valence-electron chi connectivity index (χ3n) is 4.78. The molecule has 0 radical (unpaired) electrons. The number of unbranched alkanes of at least 4 members (excludes halogenated alkanes) is 2. The first-order chi connectivity index (χ1) is 14.4. The minimum absolute atomic E-state index is 0.0899. The Labute approximate surface area is 172 Å². The summed E-state index contributed by atoms with van der Waals surface area (Å²) in [4.78, 5) is 0. The Hall–Kier alpha value is -2.89. The lowest BCUT2D eigenvalue weighted by Crippen LogP contribution is -2.03. The molecule has 0 aliphatic rings. The predicted octanol–water partition coefficient (Wildman–Crippen LogP) is 7.36. The molecular formula is C24H21F5O. The largest absolute Gasteiger partial charge is 0.483 e. The topological polar surface area (TPSA) is 9.23 Å². The lowest BCUT2D eigenvalue weighted by Gasteiger charge is -2.11. The molecule has 3 aromatic carbocycles. The molecule has 3 aromatic rings. The summed E-state index contributed by atoms with van der Waals surface area (Å²) in [7, 11) is 0. The van der Waals surface area contributed by atoms with E-state index in [2.05, 4.69) is 6.92 Å². The number of ether oxygens (including phenoxy) is 1. The van der Waals surface area contributed by atoms with Crippen LogP contribution < -0.4 is 4.74 Å². The van der Waals surface area contributed by atoms with Crippen LogP contribution in [0.4, 0.5) is 22.0 Å². The molecule has 0 aliphatic carbocycles. The van der Waals surface area contributed by atoms with Gasteiger partial charge in [-0.3, -0.25) is 0 Å². The van der Waals surface area contributed by atoms with Gasteiger partial charge in [0.05, 0.1) is 0 Å². The van der Waals surface area contributed by atoms with Crippen molar-refractivity contribution in [3.63, 3.8) is 0 Å². The van der Waals surface area contributed by atoms with Crippen LogP contribution in [0.15, 0.2) is 48.5 Å². The maximum Gasteiger partial charge on any atom is 0.194 e. The molecule has 0 atom stereocenters. The van der Waals surface area contributed by atoms with Gasteiger partial charge in [0.2, 0.25) is 0 Å². The van der Waals surface area contributed by atoms with E-state index < -0.39 is 41.4 Å². The summed E-state index contributed by atoms with van der Waals surface area (Å²) < 4.78 is 73.5. The summed E-state index contributed by atoms with van der Waals surface area (Å²) in [5.74, 6) is -6.97. The minimum Gasteiger partial charge on any atom is -0.483 e. The van der Waals surface area contributed by atoms with E-state index in [9.17, 15) is 22.0 Å². The number of hydrogen-bond donors (Lipinski definition) is 0. The Morgan fingerprint density at radius 2 is 1.27 bits per heavy atom. The van der Waals surface area contributed by atoms with Crippen molar-refractivity contribution in [2.45, 2.75) is 39.2 Å². The van der Waals surface area contributed by atoms with E-state index in [0.29, 0.717) is 23.3 Å². The molecule has 3 rings (SSSR count). The minimum atomic E-state index is -1.61. The highest BCUT2D eigenvalue weighted by Gasteiger charge is 2.16. The highest BCUT2D eigenvalue weighted by molar-refractivity contribution is 5.65. The average Bonchev–Trinajstić information content (AvgIpc) is 2.72. The Bertz CT molecular complexity index is 969. The summed E-state index contributed by atoms with van der Waals surface area (Å²) >= 11 is 0. The monoisotopic (exact) mass is 420 g/mol. The van der Waals surface area contributed by atoms with Crippen LogP contribution in [0.5, 0.6) is 5.75 Å². The first-order valence-electron chi connectivity index (χ1n) is 9.73. The summed E-state index contributed by atoms with van der Waals surface area (Å²) in [5.41, 5.74) is 2.07. The van der Waals surface area contributed by atoms with Crippen molar-refractivity contribution in [1.82, 2.24) is 0 Å². The van der Waals surface area contributed by atoms with Gasteiger partial charge in [0, 0.05) is 0 Å². The van der Waals surface area contributed by atoms with Crippen LogP contribution in [-0.2, 0) is 13.0 Å². The molecule has 0 bridgehead atoms. The summed E-state index contributed by atoms with van der Waals surface area (Å²) in [6.45, 7) is 1.61. The van der Waals surface area contributed by atoms with Crippen molar-refractivity contribution in [2.75, 3.05) is 0 Å². The first kappa shape index (κ1) is 21.8. The molecule has 0 aliphatic heterocycles. The molecule has 0 aromatic heterocycles.